The third-order valence-electron chi connectivity index (χ3n) is 3.89. The average Bonchev–Trinajstić information content (AvgIpc) is 2.62. The number of hydrogen-bond acceptors (Lipinski definition) is 4. The number of amides is 2. The quantitative estimate of drug-likeness (QED) is 0.387. The summed E-state index contributed by atoms with van der Waals surface area (Å²) in [5.41, 5.74) is 9.15. The summed E-state index contributed by atoms with van der Waals surface area (Å²) in [5.74, 6) is 1.44. The molecule has 2 rings (SSSR count). The molecule has 7 heteroatoms. The molecule has 0 spiro atoms. The van der Waals surface area contributed by atoms with Crippen LogP contribution in [0.2, 0.25) is 5.02 Å². The van der Waals surface area contributed by atoms with Gasteiger partial charge >= 0.3 is 6.03 Å². The van der Waals surface area contributed by atoms with Crippen molar-refractivity contribution in [2.24, 2.45) is 10.8 Å². The van der Waals surface area contributed by atoms with Crippen molar-refractivity contribution in [2.75, 3.05) is 13.2 Å². The summed E-state index contributed by atoms with van der Waals surface area (Å²) < 4.78 is 11.5. The van der Waals surface area contributed by atoms with Gasteiger partial charge in [0.25, 0.3) is 0 Å². The molecule has 0 unspecified atom stereocenters. The van der Waals surface area contributed by atoms with E-state index in [0.29, 0.717) is 36.0 Å². The minimum absolute atomic E-state index is 0.124. The molecule has 2 amide bonds. The smallest absolute Gasteiger partial charge is 0.332 e. The second-order valence-corrected chi connectivity index (χ2v) is 7.68. The highest BCUT2D eigenvalue weighted by Crippen LogP contribution is 2.24. The lowest BCUT2D eigenvalue weighted by Crippen LogP contribution is -2.24. The molecular formula is C21H26ClN3O3. The molecule has 0 saturated heterocycles. The molecule has 0 heterocycles. The summed E-state index contributed by atoms with van der Waals surface area (Å²) in [6.07, 6.45) is 2.14. The summed E-state index contributed by atoms with van der Waals surface area (Å²) in [7, 11) is 0. The number of ether oxygens (including phenoxy) is 2. The Morgan fingerprint density at radius 2 is 1.82 bits per heavy atom. The van der Waals surface area contributed by atoms with Gasteiger partial charge in [-0.2, -0.15) is 5.10 Å². The van der Waals surface area contributed by atoms with Crippen LogP contribution in [0.25, 0.3) is 0 Å². The fraction of sp³-hybridized carbons (Fsp3) is 0.333. The molecule has 0 aliphatic rings. The monoisotopic (exact) mass is 403 g/mol. The van der Waals surface area contributed by atoms with Crippen LogP contribution in [-0.4, -0.2) is 25.5 Å². The topological polar surface area (TPSA) is 85.9 Å². The molecule has 3 N–H and O–H groups in total. The first-order chi connectivity index (χ1) is 13.3. The van der Waals surface area contributed by atoms with E-state index in [9.17, 15) is 4.79 Å². The van der Waals surface area contributed by atoms with E-state index in [-0.39, 0.29) is 5.41 Å². The molecule has 6 nitrogen and oxygen atoms in total. The van der Waals surface area contributed by atoms with Gasteiger partial charge in [0.1, 0.15) is 11.5 Å². The van der Waals surface area contributed by atoms with Gasteiger partial charge in [-0.3, -0.25) is 0 Å². The van der Waals surface area contributed by atoms with Crippen LogP contribution in [0.4, 0.5) is 4.79 Å². The van der Waals surface area contributed by atoms with Crippen molar-refractivity contribution in [1.82, 2.24) is 5.43 Å². The molecular weight excluding hydrogens is 378 g/mol. The lowest BCUT2D eigenvalue weighted by molar-refractivity contribution is 0.247. The fourth-order valence-electron chi connectivity index (χ4n) is 2.40. The third kappa shape index (κ3) is 7.12. The number of nitrogens with one attached hydrogen (secondary N) is 1. The standard InChI is InChI=1S/C21H26ClN3O3/c1-21(2,3)16-5-8-18(9-6-16)27-11-4-12-28-19-10-7-17(22)13-15(19)14-24-25-20(23)26/h5-10,13-14H,4,11-12H2,1-3H3,(H3,23,25,26)/b24-14-. The molecule has 2 aromatic rings. The number of rotatable bonds is 8. The van der Waals surface area contributed by atoms with Gasteiger partial charge in [0.05, 0.1) is 19.4 Å². The minimum Gasteiger partial charge on any atom is -0.493 e. The molecule has 0 atom stereocenters. The van der Waals surface area contributed by atoms with Gasteiger partial charge in [0.2, 0.25) is 0 Å². The molecule has 28 heavy (non-hydrogen) atoms. The summed E-state index contributed by atoms with van der Waals surface area (Å²) >= 11 is 6.00. The maximum absolute atomic E-state index is 10.7. The lowest BCUT2D eigenvalue weighted by Gasteiger charge is -2.19. The number of hydrogen-bond donors (Lipinski definition) is 2. The number of primary amides is 1. The largest absolute Gasteiger partial charge is 0.493 e. The summed E-state index contributed by atoms with van der Waals surface area (Å²) in [6.45, 7) is 7.54. The van der Waals surface area contributed by atoms with Crippen molar-refractivity contribution in [3.05, 3.63) is 58.6 Å². The predicted molar refractivity (Wildman–Crippen MR) is 113 cm³/mol. The van der Waals surface area contributed by atoms with E-state index < -0.39 is 6.03 Å². The van der Waals surface area contributed by atoms with Crippen LogP contribution in [0.1, 0.15) is 38.3 Å². The van der Waals surface area contributed by atoms with Crippen molar-refractivity contribution in [2.45, 2.75) is 32.6 Å². The van der Waals surface area contributed by atoms with E-state index in [1.54, 1.807) is 18.2 Å². The molecule has 0 bridgehead atoms. The SMILES string of the molecule is CC(C)(C)c1ccc(OCCCOc2ccc(Cl)cc2/C=N\NC(N)=O)cc1. The average molecular weight is 404 g/mol. The van der Waals surface area contributed by atoms with Gasteiger partial charge in [-0.25, -0.2) is 10.2 Å². The number of hydrazone groups is 1. The summed E-state index contributed by atoms with van der Waals surface area (Å²) in [4.78, 5) is 10.7. The van der Waals surface area contributed by atoms with Gasteiger partial charge in [-0.1, -0.05) is 44.5 Å². The van der Waals surface area contributed by atoms with Crippen LogP contribution < -0.4 is 20.6 Å². The Morgan fingerprint density at radius 3 is 2.46 bits per heavy atom. The zero-order valence-corrected chi connectivity index (χ0v) is 17.1. The van der Waals surface area contributed by atoms with Gasteiger partial charge < -0.3 is 15.2 Å². The molecule has 0 aliphatic heterocycles. The van der Waals surface area contributed by atoms with Gasteiger partial charge in [0.15, 0.2) is 0 Å². The first kappa shape index (κ1) is 21.6. The Balaban J connectivity index is 1.82. The van der Waals surface area contributed by atoms with Crippen molar-refractivity contribution >= 4 is 23.8 Å². The molecule has 0 saturated carbocycles. The highest BCUT2D eigenvalue weighted by molar-refractivity contribution is 6.30. The number of nitrogens with two attached hydrogens (primary N) is 1. The van der Waals surface area contributed by atoms with E-state index in [0.717, 1.165) is 5.75 Å². The minimum atomic E-state index is -0.742. The molecule has 0 aliphatic carbocycles. The fourth-order valence-corrected chi connectivity index (χ4v) is 2.58. The molecule has 0 fully saturated rings. The number of nitrogens with zero attached hydrogens (tertiary/aromatic N) is 1. The zero-order valence-electron chi connectivity index (χ0n) is 16.4. The van der Waals surface area contributed by atoms with Crippen molar-refractivity contribution in [3.63, 3.8) is 0 Å². The van der Waals surface area contributed by atoms with Gasteiger partial charge in [-0.15, -0.1) is 0 Å². The Morgan fingerprint density at radius 1 is 1.14 bits per heavy atom. The first-order valence-corrected chi connectivity index (χ1v) is 9.38. The van der Waals surface area contributed by atoms with Crippen LogP contribution in [0.3, 0.4) is 0 Å². The summed E-state index contributed by atoms with van der Waals surface area (Å²) in [5, 5.41) is 4.28. The van der Waals surface area contributed by atoms with E-state index in [1.165, 1.54) is 11.8 Å². The van der Waals surface area contributed by atoms with Crippen molar-refractivity contribution in [3.8, 4) is 11.5 Å². The van der Waals surface area contributed by atoms with E-state index >= 15 is 0 Å². The van der Waals surface area contributed by atoms with E-state index in [2.05, 4.69) is 43.4 Å². The Kier molecular flexibility index (Phi) is 7.70. The van der Waals surface area contributed by atoms with Crippen molar-refractivity contribution in [1.29, 1.82) is 0 Å². The number of halogens is 1. The Bertz CT molecular complexity index is 815. The van der Waals surface area contributed by atoms with Crippen LogP contribution in [0, 0.1) is 0 Å². The highest BCUT2D eigenvalue weighted by atomic mass is 35.5. The molecule has 0 aromatic heterocycles. The summed E-state index contributed by atoms with van der Waals surface area (Å²) in [6, 6.07) is 12.6. The maximum atomic E-state index is 10.7. The second kappa shape index (κ2) is 9.99. The van der Waals surface area contributed by atoms with Crippen LogP contribution in [0.5, 0.6) is 11.5 Å². The van der Waals surface area contributed by atoms with Crippen LogP contribution >= 0.6 is 11.6 Å². The lowest BCUT2D eigenvalue weighted by atomic mass is 9.87. The van der Waals surface area contributed by atoms with Crippen LogP contribution in [-0.2, 0) is 5.41 Å². The number of carbonyl (C=O) groups excluding carboxylic acids is 1. The van der Waals surface area contributed by atoms with Crippen LogP contribution in [0.15, 0.2) is 47.6 Å². The third-order valence-corrected chi connectivity index (χ3v) is 4.12. The molecule has 150 valence electrons. The Labute approximate surface area is 170 Å². The number of urea groups is 1. The number of carbonyl (C=O) groups is 1. The first-order valence-electron chi connectivity index (χ1n) is 9.00. The van der Waals surface area contributed by atoms with E-state index in [4.69, 9.17) is 26.8 Å². The normalized spacial score (nSPS) is 11.4. The number of benzene rings is 2. The highest BCUT2D eigenvalue weighted by Gasteiger charge is 2.12. The van der Waals surface area contributed by atoms with Gasteiger partial charge in [0, 0.05) is 17.0 Å². The predicted octanol–water partition coefficient (Wildman–Crippen LogP) is 4.49. The zero-order chi connectivity index (χ0) is 20.6. The van der Waals surface area contributed by atoms with Crippen molar-refractivity contribution < 1.29 is 14.3 Å². The second-order valence-electron chi connectivity index (χ2n) is 7.24. The molecule has 0 radical (unpaired) electrons. The van der Waals surface area contributed by atoms with E-state index in [1.807, 2.05) is 12.1 Å². The van der Waals surface area contributed by atoms with Gasteiger partial charge in [-0.05, 0) is 41.3 Å². The molecule has 2 aromatic carbocycles. The Hall–Kier alpha value is -2.73. The maximum Gasteiger partial charge on any atom is 0.332 e.